The van der Waals surface area contributed by atoms with Gasteiger partial charge in [-0.15, -0.1) is 11.3 Å². The maximum Gasteiger partial charge on any atom is 0.270 e. The molecule has 8 heteroatoms. The fourth-order valence-electron chi connectivity index (χ4n) is 2.13. The smallest absolute Gasteiger partial charge is 0.270 e. The van der Waals surface area contributed by atoms with Crippen LogP contribution in [-0.4, -0.2) is 21.6 Å². The monoisotopic (exact) mass is 359 g/mol. The fraction of sp³-hybridized carbons (Fsp3) is 0.125. The minimum Gasteiger partial charge on any atom is -0.322 e. The van der Waals surface area contributed by atoms with Crippen LogP contribution in [0.15, 0.2) is 46.8 Å². The summed E-state index contributed by atoms with van der Waals surface area (Å²) in [4.78, 5) is 27.1. The Morgan fingerprint density at radius 3 is 2.92 bits per heavy atom. The standard InChI is InChI=1S/C16H13N3O3S2/c1-2-23-16-18-13-7-6-11(9-14(13)24-16)17-15(20)10-4-3-5-12(8-10)19(21)22/h3-9H,2H2,1H3,(H,17,20). The van der Waals surface area contributed by atoms with Crippen molar-refractivity contribution in [3.63, 3.8) is 0 Å². The Labute approximate surface area is 146 Å². The van der Waals surface area contributed by atoms with Gasteiger partial charge in [-0.2, -0.15) is 0 Å². The molecule has 1 aromatic heterocycles. The quantitative estimate of drug-likeness (QED) is 0.410. The van der Waals surface area contributed by atoms with E-state index in [9.17, 15) is 14.9 Å². The summed E-state index contributed by atoms with van der Waals surface area (Å²) in [5, 5.41) is 13.6. The molecule has 0 aliphatic heterocycles. The van der Waals surface area contributed by atoms with Crippen LogP contribution in [0.25, 0.3) is 10.2 Å². The van der Waals surface area contributed by atoms with Crippen molar-refractivity contribution in [1.29, 1.82) is 0 Å². The zero-order valence-corrected chi connectivity index (χ0v) is 14.3. The van der Waals surface area contributed by atoms with Crippen molar-refractivity contribution < 1.29 is 9.72 Å². The molecule has 122 valence electrons. The lowest BCUT2D eigenvalue weighted by Crippen LogP contribution is -2.11. The molecule has 0 unspecified atom stereocenters. The molecule has 0 saturated carbocycles. The van der Waals surface area contributed by atoms with Crippen molar-refractivity contribution in [3.8, 4) is 0 Å². The van der Waals surface area contributed by atoms with E-state index in [1.807, 2.05) is 12.1 Å². The number of carbonyl (C=O) groups is 1. The number of nitrogens with zero attached hydrogens (tertiary/aromatic N) is 2. The van der Waals surface area contributed by atoms with Crippen LogP contribution in [0.5, 0.6) is 0 Å². The summed E-state index contributed by atoms with van der Waals surface area (Å²) in [7, 11) is 0. The number of rotatable bonds is 5. The first-order valence-electron chi connectivity index (χ1n) is 7.16. The Morgan fingerprint density at radius 1 is 1.33 bits per heavy atom. The van der Waals surface area contributed by atoms with Gasteiger partial charge in [0, 0.05) is 23.4 Å². The lowest BCUT2D eigenvalue weighted by molar-refractivity contribution is -0.384. The van der Waals surface area contributed by atoms with Gasteiger partial charge in [-0.05, 0) is 30.0 Å². The van der Waals surface area contributed by atoms with Gasteiger partial charge in [-0.3, -0.25) is 14.9 Å². The number of hydrogen-bond donors (Lipinski definition) is 1. The largest absolute Gasteiger partial charge is 0.322 e. The predicted molar refractivity (Wildman–Crippen MR) is 97.1 cm³/mol. The number of nitro groups is 1. The van der Waals surface area contributed by atoms with Crippen LogP contribution in [0, 0.1) is 10.1 Å². The molecule has 24 heavy (non-hydrogen) atoms. The van der Waals surface area contributed by atoms with Crippen LogP contribution >= 0.6 is 23.1 Å². The number of hydrogen-bond acceptors (Lipinski definition) is 6. The second-order valence-electron chi connectivity index (χ2n) is 4.86. The summed E-state index contributed by atoms with van der Waals surface area (Å²) in [6.07, 6.45) is 0. The summed E-state index contributed by atoms with van der Waals surface area (Å²) >= 11 is 3.25. The number of aromatic nitrogens is 1. The molecular weight excluding hydrogens is 346 g/mol. The highest BCUT2D eigenvalue weighted by Gasteiger charge is 2.12. The molecule has 0 fully saturated rings. The SMILES string of the molecule is CCSc1nc2ccc(NC(=O)c3cccc([N+](=O)[O-])c3)cc2s1. The summed E-state index contributed by atoms with van der Waals surface area (Å²) in [6, 6.07) is 11.1. The maximum atomic E-state index is 12.3. The van der Waals surface area contributed by atoms with Crippen molar-refractivity contribution in [3.05, 3.63) is 58.1 Å². The molecule has 3 rings (SSSR count). The number of non-ortho nitro benzene ring substituents is 1. The van der Waals surface area contributed by atoms with Crippen molar-refractivity contribution in [2.75, 3.05) is 11.1 Å². The highest BCUT2D eigenvalue weighted by Crippen LogP contribution is 2.31. The number of amides is 1. The molecule has 0 spiro atoms. The third-order valence-electron chi connectivity index (χ3n) is 3.21. The lowest BCUT2D eigenvalue weighted by atomic mass is 10.2. The number of thiazole rings is 1. The van der Waals surface area contributed by atoms with E-state index >= 15 is 0 Å². The summed E-state index contributed by atoms with van der Waals surface area (Å²) < 4.78 is 1.98. The third kappa shape index (κ3) is 3.55. The topological polar surface area (TPSA) is 85.1 Å². The predicted octanol–water partition coefficient (Wildman–Crippen LogP) is 4.57. The van der Waals surface area contributed by atoms with Gasteiger partial charge in [0.25, 0.3) is 11.6 Å². The van der Waals surface area contributed by atoms with E-state index in [1.165, 1.54) is 18.2 Å². The number of anilines is 1. The van der Waals surface area contributed by atoms with Crippen LogP contribution in [0.1, 0.15) is 17.3 Å². The van der Waals surface area contributed by atoms with Crippen LogP contribution in [-0.2, 0) is 0 Å². The molecule has 6 nitrogen and oxygen atoms in total. The van der Waals surface area contributed by atoms with Crippen LogP contribution in [0.4, 0.5) is 11.4 Å². The van der Waals surface area contributed by atoms with E-state index in [4.69, 9.17) is 0 Å². The first kappa shape index (κ1) is 16.4. The van der Waals surface area contributed by atoms with E-state index in [2.05, 4.69) is 17.2 Å². The Hall–Kier alpha value is -2.45. The van der Waals surface area contributed by atoms with Crippen molar-refractivity contribution in [1.82, 2.24) is 4.98 Å². The molecule has 3 aromatic rings. The van der Waals surface area contributed by atoms with Gasteiger partial charge in [0.05, 0.1) is 15.1 Å². The Morgan fingerprint density at radius 2 is 2.17 bits per heavy atom. The highest BCUT2D eigenvalue weighted by atomic mass is 32.2. The van der Waals surface area contributed by atoms with Crippen LogP contribution in [0.2, 0.25) is 0 Å². The van der Waals surface area contributed by atoms with Gasteiger partial charge in [-0.25, -0.2) is 4.98 Å². The first-order valence-corrected chi connectivity index (χ1v) is 8.96. The molecule has 2 aromatic carbocycles. The molecule has 0 radical (unpaired) electrons. The van der Waals surface area contributed by atoms with Gasteiger partial charge in [0.15, 0.2) is 4.34 Å². The van der Waals surface area contributed by atoms with Crippen LogP contribution in [0.3, 0.4) is 0 Å². The normalized spacial score (nSPS) is 10.7. The maximum absolute atomic E-state index is 12.3. The minimum atomic E-state index is -0.521. The Bertz CT molecular complexity index is 924. The number of fused-ring (bicyclic) bond motifs is 1. The average molecular weight is 359 g/mol. The van der Waals surface area contributed by atoms with Crippen molar-refractivity contribution >= 4 is 50.6 Å². The van der Waals surface area contributed by atoms with Crippen molar-refractivity contribution in [2.24, 2.45) is 0 Å². The van der Waals surface area contributed by atoms with E-state index in [0.29, 0.717) is 5.69 Å². The third-order valence-corrected chi connectivity index (χ3v) is 5.26. The molecule has 0 bridgehead atoms. The van der Waals surface area contributed by atoms with Gasteiger partial charge >= 0.3 is 0 Å². The lowest BCUT2D eigenvalue weighted by Gasteiger charge is -2.05. The zero-order chi connectivity index (χ0) is 17.1. The number of carbonyl (C=O) groups excluding carboxylic acids is 1. The van der Waals surface area contributed by atoms with Crippen molar-refractivity contribution in [2.45, 2.75) is 11.3 Å². The second-order valence-corrected chi connectivity index (χ2v) is 7.40. The van der Waals surface area contributed by atoms with E-state index < -0.39 is 4.92 Å². The number of benzene rings is 2. The molecule has 0 aliphatic carbocycles. The van der Waals surface area contributed by atoms with Gasteiger partial charge in [0.1, 0.15) is 0 Å². The molecule has 0 saturated heterocycles. The van der Waals surface area contributed by atoms with E-state index in [0.717, 1.165) is 20.3 Å². The van der Waals surface area contributed by atoms with E-state index in [1.54, 1.807) is 35.2 Å². The second kappa shape index (κ2) is 6.98. The minimum absolute atomic E-state index is 0.109. The Balaban J connectivity index is 1.82. The van der Waals surface area contributed by atoms with E-state index in [-0.39, 0.29) is 17.2 Å². The van der Waals surface area contributed by atoms with Gasteiger partial charge < -0.3 is 5.32 Å². The first-order chi connectivity index (χ1) is 11.6. The molecule has 1 heterocycles. The van der Waals surface area contributed by atoms with Gasteiger partial charge in [0.2, 0.25) is 0 Å². The average Bonchev–Trinajstić information content (AvgIpc) is 2.97. The summed E-state index contributed by atoms with van der Waals surface area (Å²) in [6.45, 7) is 2.07. The Kier molecular flexibility index (Phi) is 4.77. The van der Waals surface area contributed by atoms with Crippen LogP contribution < -0.4 is 5.32 Å². The molecule has 0 aliphatic rings. The zero-order valence-electron chi connectivity index (χ0n) is 12.7. The fourth-order valence-corrected chi connectivity index (χ4v) is 4.14. The molecular formula is C16H13N3O3S2. The molecule has 0 atom stereocenters. The summed E-state index contributed by atoms with van der Waals surface area (Å²) in [5.74, 6) is 0.571. The molecule has 1 N–H and O–H groups in total. The van der Waals surface area contributed by atoms with Gasteiger partial charge in [-0.1, -0.05) is 24.8 Å². The molecule has 1 amide bonds. The number of thioether (sulfide) groups is 1. The number of nitro benzene ring substituents is 1. The highest BCUT2D eigenvalue weighted by molar-refractivity contribution is 8.01. The summed E-state index contributed by atoms with van der Waals surface area (Å²) in [5.41, 5.74) is 1.66. The number of nitrogens with one attached hydrogen (secondary N) is 1.